The van der Waals surface area contributed by atoms with E-state index in [9.17, 15) is 9.18 Å². The third-order valence-electron chi connectivity index (χ3n) is 4.81. The van der Waals surface area contributed by atoms with Crippen LogP contribution in [0.25, 0.3) is 10.9 Å². The molecule has 3 rings (SSSR count). The first-order chi connectivity index (χ1) is 13.5. The Bertz CT molecular complexity index is 833. The maximum absolute atomic E-state index is 13.5. The molecular weight excluding hydrogens is 488 g/mol. The number of benzene rings is 1. The van der Waals surface area contributed by atoms with E-state index in [1.165, 1.54) is 11.0 Å². The average molecular weight is 517 g/mol. The molecule has 0 bridgehead atoms. The zero-order valence-corrected chi connectivity index (χ0v) is 19.2. The highest BCUT2D eigenvalue weighted by molar-refractivity contribution is 14.0. The summed E-state index contributed by atoms with van der Waals surface area (Å²) in [7, 11) is 3.42. The molecule has 1 fully saturated rings. The van der Waals surface area contributed by atoms with Crippen LogP contribution in [0.4, 0.5) is 4.39 Å². The predicted octanol–water partition coefficient (Wildman–Crippen LogP) is 2.27. The topological polar surface area (TPSA) is 81.8 Å². The Labute approximate surface area is 187 Å². The van der Waals surface area contributed by atoms with Crippen molar-refractivity contribution in [3.05, 3.63) is 35.8 Å². The number of nitrogens with one attached hydrogen (secondary N) is 3. The number of likely N-dealkylation sites (N-methyl/N-ethyl adjacent to an activating group) is 1. The van der Waals surface area contributed by atoms with E-state index in [2.05, 4.69) is 20.6 Å². The minimum atomic E-state index is -0.246. The van der Waals surface area contributed by atoms with Gasteiger partial charge in [-0.05, 0) is 43.0 Å². The highest BCUT2D eigenvalue weighted by Crippen LogP contribution is 2.19. The summed E-state index contributed by atoms with van der Waals surface area (Å²) in [6, 6.07) is 4.73. The fourth-order valence-electron chi connectivity index (χ4n) is 3.15. The van der Waals surface area contributed by atoms with Crippen molar-refractivity contribution in [2.75, 3.05) is 40.3 Å². The molecule has 2 aromatic rings. The molecule has 1 saturated heterocycles. The maximum Gasteiger partial charge on any atom is 0.243 e. The summed E-state index contributed by atoms with van der Waals surface area (Å²) in [5.74, 6) is 0.269. The number of amides is 1. The van der Waals surface area contributed by atoms with Crippen molar-refractivity contribution in [3.8, 4) is 0 Å². The first-order valence-corrected chi connectivity index (χ1v) is 9.62. The number of carbonyl (C=O) groups is 1. The van der Waals surface area contributed by atoms with E-state index in [1.807, 2.05) is 6.20 Å². The molecule has 1 atom stereocenters. The van der Waals surface area contributed by atoms with Gasteiger partial charge in [-0.3, -0.25) is 4.79 Å². The minimum absolute atomic E-state index is 0. The van der Waals surface area contributed by atoms with Crippen LogP contribution in [-0.2, 0) is 16.0 Å². The number of H-pyrrole nitrogens is 1. The van der Waals surface area contributed by atoms with E-state index in [0.29, 0.717) is 25.5 Å². The lowest BCUT2D eigenvalue weighted by atomic mass is 10.1. The van der Waals surface area contributed by atoms with Gasteiger partial charge in [0.2, 0.25) is 5.91 Å². The maximum atomic E-state index is 13.5. The fourth-order valence-corrected chi connectivity index (χ4v) is 3.15. The van der Waals surface area contributed by atoms with E-state index < -0.39 is 0 Å². The van der Waals surface area contributed by atoms with Crippen molar-refractivity contribution in [2.45, 2.75) is 25.4 Å². The van der Waals surface area contributed by atoms with Crippen LogP contribution in [0, 0.1) is 5.82 Å². The highest BCUT2D eigenvalue weighted by atomic mass is 127. The number of ether oxygens (including phenoxy) is 1. The molecule has 1 amide bonds. The van der Waals surface area contributed by atoms with Gasteiger partial charge in [0, 0.05) is 50.9 Å². The number of hydrogen-bond donors (Lipinski definition) is 3. The number of nitrogens with zero attached hydrogens (tertiary/aromatic N) is 2. The summed E-state index contributed by atoms with van der Waals surface area (Å²) >= 11 is 0. The van der Waals surface area contributed by atoms with Crippen molar-refractivity contribution >= 4 is 46.7 Å². The van der Waals surface area contributed by atoms with Gasteiger partial charge in [0.05, 0.1) is 6.10 Å². The van der Waals surface area contributed by atoms with Crippen LogP contribution in [0.3, 0.4) is 0 Å². The number of aromatic amines is 1. The van der Waals surface area contributed by atoms with E-state index in [1.54, 1.807) is 26.2 Å². The molecule has 0 aliphatic carbocycles. The fraction of sp³-hybridized carbons (Fsp3) is 0.500. The number of halogens is 2. The molecule has 9 heteroatoms. The lowest BCUT2D eigenvalue weighted by Crippen LogP contribution is -2.42. The van der Waals surface area contributed by atoms with Crippen molar-refractivity contribution in [1.82, 2.24) is 20.5 Å². The summed E-state index contributed by atoms with van der Waals surface area (Å²) in [5.41, 5.74) is 1.95. The average Bonchev–Trinajstić information content (AvgIpc) is 3.33. The van der Waals surface area contributed by atoms with E-state index in [4.69, 9.17) is 4.74 Å². The Kier molecular flexibility index (Phi) is 9.15. The zero-order chi connectivity index (χ0) is 19.9. The molecule has 7 nitrogen and oxygen atoms in total. The van der Waals surface area contributed by atoms with Gasteiger partial charge in [0.1, 0.15) is 12.4 Å². The summed E-state index contributed by atoms with van der Waals surface area (Å²) < 4.78 is 19.2. The summed E-state index contributed by atoms with van der Waals surface area (Å²) in [6.45, 7) is 2.13. The molecular formula is C20H29FIN5O2. The van der Waals surface area contributed by atoms with E-state index in [0.717, 1.165) is 35.9 Å². The van der Waals surface area contributed by atoms with Crippen molar-refractivity contribution < 1.29 is 13.9 Å². The van der Waals surface area contributed by atoms with Crippen molar-refractivity contribution in [3.63, 3.8) is 0 Å². The number of aromatic nitrogens is 1. The number of aliphatic imine (C=N–C) groups is 1. The van der Waals surface area contributed by atoms with Crippen LogP contribution in [0.15, 0.2) is 29.4 Å². The molecule has 29 heavy (non-hydrogen) atoms. The largest absolute Gasteiger partial charge is 0.376 e. The molecule has 1 unspecified atom stereocenters. The number of hydrogen-bond acceptors (Lipinski definition) is 3. The number of rotatable bonds is 7. The number of guanidine groups is 1. The SMILES string of the molecule is CN(C)C(=O)CN=C(NCCc1c[nH]c2ccc(F)cc12)NCC1CCCO1.I. The zero-order valence-electron chi connectivity index (χ0n) is 16.8. The normalized spacial score (nSPS) is 16.5. The molecule has 0 saturated carbocycles. The molecule has 160 valence electrons. The van der Waals surface area contributed by atoms with Crippen molar-refractivity contribution in [1.29, 1.82) is 0 Å². The highest BCUT2D eigenvalue weighted by Gasteiger charge is 2.16. The van der Waals surface area contributed by atoms with Crippen molar-refractivity contribution in [2.24, 2.45) is 4.99 Å². The Morgan fingerprint density at radius 1 is 1.38 bits per heavy atom. The molecule has 1 aliphatic rings. The third kappa shape index (κ3) is 6.84. The number of fused-ring (bicyclic) bond motifs is 1. The van der Waals surface area contributed by atoms with Crippen LogP contribution in [0.1, 0.15) is 18.4 Å². The molecule has 0 spiro atoms. The quantitative estimate of drug-likeness (QED) is 0.299. The van der Waals surface area contributed by atoms with Gasteiger partial charge in [0.25, 0.3) is 0 Å². The molecule has 1 aromatic heterocycles. The second kappa shape index (κ2) is 11.3. The lowest BCUT2D eigenvalue weighted by molar-refractivity contribution is -0.127. The molecule has 0 radical (unpaired) electrons. The smallest absolute Gasteiger partial charge is 0.243 e. The van der Waals surface area contributed by atoms with Crippen LogP contribution >= 0.6 is 24.0 Å². The Balaban J connectivity index is 0.00000300. The first kappa shape index (κ1) is 23.4. The van der Waals surface area contributed by atoms with Gasteiger partial charge in [-0.2, -0.15) is 0 Å². The van der Waals surface area contributed by atoms with Gasteiger partial charge >= 0.3 is 0 Å². The molecule has 1 aliphatic heterocycles. The second-order valence-electron chi connectivity index (χ2n) is 7.15. The van der Waals surface area contributed by atoms with Gasteiger partial charge in [-0.15, -0.1) is 24.0 Å². The Hall–Kier alpha value is -1.88. The minimum Gasteiger partial charge on any atom is -0.376 e. The Morgan fingerprint density at radius 3 is 2.93 bits per heavy atom. The first-order valence-electron chi connectivity index (χ1n) is 9.62. The van der Waals surface area contributed by atoms with Crippen LogP contribution in [-0.4, -0.2) is 68.2 Å². The summed E-state index contributed by atoms with van der Waals surface area (Å²) in [4.78, 5) is 20.9. The number of carbonyl (C=O) groups excluding carboxylic acids is 1. The van der Waals surface area contributed by atoms with Gasteiger partial charge in [-0.25, -0.2) is 9.38 Å². The van der Waals surface area contributed by atoms with E-state index in [-0.39, 0.29) is 48.3 Å². The standard InChI is InChI=1S/C20H28FN5O2.HI/c1-26(2)19(27)13-25-20(24-12-16-4-3-9-28-16)22-8-7-14-11-23-18-6-5-15(21)10-17(14)18;/h5-6,10-11,16,23H,3-4,7-9,12-13H2,1-2H3,(H2,22,24,25);1H. The monoisotopic (exact) mass is 517 g/mol. The van der Waals surface area contributed by atoms with Crippen LogP contribution in [0.5, 0.6) is 0 Å². The predicted molar refractivity (Wildman–Crippen MR) is 123 cm³/mol. The van der Waals surface area contributed by atoms with Crippen LogP contribution < -0.4 is 10.6 Å². The van der Waals surface area contributed by atoms with Gasteiger partial charge in [-0.1, -0.05) is 0 Å². The summed E-state index contributed by atoms with van der Waals surface area (Å²) in [6.07, 6.45) is 4.87. The third-order valence-corrected chi connectivity index (χ3v) is 4.81. The van der Waals surface area contributed by atoms with Gasteiger partial charge < -0.3 is 25.3 Å². The van der Waals surface area contributed by atoms with E-state index >= 15 is 0 Å². The molecule has 1 aromatic carbocycles. The molecule has 2 heterocycles. The van der Waals surface area contributed by atoms with Gasteiger partial charge in [0.15, 0.2) is 5.96 Å². The van der Waals surface area contributed by atoms with Crippen LogP contribution in [0.2, 0.25) is 0 Å². The lowest BCUT2D eigenvalue weighted by Gasteiger charge is -2.16. The molecule has 3 N–H and O–H groups in total. The second-order valence-corrected chi connectivity index (χ2v) is 7.15. The summed E-state index contributed by atoms with van der Waals surface area (Å²) in [5, 5.41) is 7.40. The Morgan fingerprint density at radius 2 is 2.21 bits per heavy atom.